The summed E-state index contributed by atoms with van der Waals surface area (Å²) in [5.41, 5.74) is 0.577. The average molecular weight is 300 g/mol. The third-order valence-corrected chi connectivity index (χ3v) is 2.91. The molecular weight excluding hydrogens is 286 g/mol. The molecule has 1 amide bonds. The maximum absolute atomic E-state index is 11.3. The predicted molar refractivity (Wildman–Crippen MR) is 67.6 cm³/mol. The zero-order valence-corrected chi connectivity index (χ0v) is 11.2. The van der Waals surface area contributed by atoms with Crippen molar-refractivity contribution in [1.29, 1.82) is 0 Å². The Morgan fingerprint density at radius 2 is 2.12 bits per heavy atom. The van der Waals surface area contributed by atoms with Crippen molar-refractivity contribution in [3.63, 3.8) is 0 Å². The first-order valence-electron chi connectivity index (χ1n) is 5.18. The SMILES string of the molecule is CC(C)N(C=O)C(C(=O)O)c1cccc(Br)c1. The highest BCUT2D eigenvalue weighted by Gasteiger charge is 2.28. The van der Waals surface area contributed by atoms with Crippen molar-refractivity contribution < 1.29 is 14.7 Å². The average Bonchev–Trinajstić information content (AvgIpc) is 2.24. The lowest BCUT2D eigenvalue weighted by atomic mass is 10.0. The van der Waals surface area contributed by atoms with Crippen LogP contribution in [0.2, 0.25) is 0 Å². The Morgan fingerprint density at radius 1 is 1.47 bits per heavy atom. The fourth-order valence-corrected chi connectivity index (χ4v) is 2.02. The minimum absolute atomic E-state index is 0.174. The van der Waals surface area contributed by atoms with E-state index in [0.717, 1.165) is 4.47 Å². The molecule has 17 heavy (non-hydrogen) atoms. The van der Waals surface area contributed by atoms with E-state index in [-0.39, 0.29) is 6.04 Å². The monoisotopic (exact) mass is 299 g/mol. The first-order valence-corrected chi connectivity index (χ1v) is 5.97. The van der Waals surface area contributed by atoms with Gasteiger partial charge in [0, 0.05) is 10.5 Å². The summed E-state index contributed by atoms with van der Waals surface area (Å²) in [6.07, 6.45) is 0.574. The van der Waals surface area contributed by atoms with Crippen LogP contribution >= 0.6 is 15.9 Å². The zero-order valence-electron chi connectivity index (χ0n) is 9.63. The van der Waals surface area contributed by atoms with Gasteiger partial charge in [0.25, 0.3) is 0 Å². The van der Waals surface area contributed by atoms with Crippen LogP contribution in [0.4, 0.5) is 0 Å². The molecule has 1 aromatic rings. The van der Waals surface area contributed by atoms with Crippen molar-refractivity contribution in [2.75, 3.05) is 0 Å². The second-order valence-electron chi connectivity index (χ2n) is 3.94. The van der Waals surface area contributed by atoms with Gasteiger partial charge in [0.1, 0.15) is 0 Å². The van der Waals surface area contributed by atoms with Crippen LogP contribution in [0.15, 0.2) is 28.7 Å². The van der Waals surface area contributed by atoms with Crippen molar-refractivity contribution in [1.82, 2.24) is 4.90 Å². The van der Waals surface area contributed by atoms with Gasteiger partial charge in [-0.2, -0.15) is 0 Å². The molecule has 0 radical (unpaired) electrons. The number of rotatable bonds is 5. The summed E-state index contributed by atoms with van der Waals surface area (Å²) in [6, 6.07) is 5.83. The highest BCUT2D eigenvalue weighted by molar-refractivity contribution is 9.10. The minimum Gasteiger partial charge on any atom is -0.479 e. The molecule has 1 unspecified atom stereocenters. The molecule has 0 saturated heterocycles. The van der Waals surface area contributed by atoms with Crippen LogP contribution < -0.4 is 0 Å². The predicted octanol–water partition coefficient (Wildman–Crippen LogP) is 2.44. The molecule has 1 atom stereocenters. The van der Waals surface area contributed by atoms with Crippen molar-refractivity contribution in [3.05, 3.63) is 34.3 Å². The first-order chi connectivity index (χ1) is 7.97. The number of halogens is 1. The number of aliphatic carboxylic acids is 1. The van der Waals surface area contributed by atoms with Crippen molar-refractivity contribution in [2.24, 2.45) is 0 Å². The summed E-state index contributed by atoms with van der Waals surface area (Å²) in [5.74, 6) is -1.04. The lowest BCUT2D eigenvalue weighted by Crippen LogP contribution is -2.38. The summed E-state index contributed by atoms with van der Waals surface area (Å²) in [5, 5.41) is 9.25. The zero-order chi connectivity index (χ0) is 13.0. The van der Waals surface area contributed by atoms with Crippen LogP contribution in [0.1, 0.15) is 25.5 Å². The summed E-state index contributed by atoms with van der Waals surface area (Å²) >= 11 is 3.29. The van der Waals surface area contributed by atoms with Gasteiger partial charge < -0.3 is 10.0 Å². The Labute approximate surface area is 108 Å². The van der Waals surface area contributed by atoms with Gasteiger partial charge in [-0.1, -0.05) is 28.1 Å². The molecular formula is C12H14BrNO3. The number of carboxylic acid groups (broad SMARTS) is 1. The van der Waals surface area contributed by atoms with Crippen LogP contribution in [0, 0.1) is 0 Å². The largest absolute Gasteiger partial charge is 0.479 e. The summed E-state index contributed by atoms with van der Waals surface area (Å²) in [7, 11) is 0. The Morgan fingerprint density at radius 3 is 2.53 bits per heavy atom. The fourth-order valence-electron chi connectivity index (χ4n) is 1.60. The Balaban J connectivity index is 3.17. The number of benzene rings is 1. The van der Waals surface area contributed by atoms with E-state index < -0.39 is 12.0 Å². The van der Waals surface area contributed by atoms with Gasteiger partial charge in [-0.05, 0) is 31.5 Å². The molecule has 0 heterocycles. The van der Waals surface area contributed by atoms with Crippen LogP contribution in [-0.2, 0) is 9.59 Å². The molecule has 1 rings (SSSR count). The van der Waals surface area contributed by atoms with E-state index in [4.69, 9.17) is 0 Å². The van der Waals surface area contributed by atoms with Gasteiger partial charge in [-0.3, -0.25) is 4.79 Å². The van der Waals surface area contributed by atoms with Gasteiger partial charge in [0.05, 0.1) is 0 Å². The van der Waals surface area contributed by atoms with E-state index in [0.29, 0.717) is 12.0 Å². The molecule has 0 bridgehead atoms. The quantitative estimate of drug-likeness (QED) is 0.850. The molecule has 0 aliphatic carbocycles. The molecule has 0 aromatic heterocycles. The number of nitrogens with zero attached hydrogens (tertiary/aromatic N) is 1. The molecule has 0 saturated carbocycles. The summed E-state index contributed by atoms with van der Waals surface area (Å²) in [6.45, 7) is 3.56. The molecule has 0 fully saturated rings. The second kappa shape index (κ2) is 5.82. The van der Waals surface area contributed by atoms with E-state index in [2.05, 4.69) is 15.9 Å². The lowest BCUT2D eigenvalue weighted by Gasteiger charge is -2.28. The van der Waals surface area contributed by atoms with E-state index >= 15 is 0 Å². The Bertz CT molecular complexity index is 420. The van der Waals surface area contributed by atoms with Crippen molar-refractivity contribution in [3.8, 4) is 0 Å². The number of amides is 1. The van der Waals surface area contributed by atoms with Gasteiger partial charge in [-0.25, -0.2) is 4.79 Å². The fraction of sp³-hybridized carbons (Fsp3) is 0.333. The van der Waals surface area contributed by atoms with Gasteiger partial charge in [0.2, 0.25) is 6.41 Å². The lowest BCUT2D eigenvalue weighted by molar-refractivity contribution is -0.148. The normalized spacial score (nSPS) is 12.2. The van der Waals surface area contributed by atoms with Crippen molar-refractivity contribution >= 4 is 28.3 Å². The summed E-state index contributed by atoms with van der Waals surface area (Å²) in [4.78, 5) is 23.6. The van der Waals surface area contributed by atoms with Gasteiger partial charge >= 0.3 is 5.97 Å². The number of carbonyl (C=O) groups is 2. The van der Waals surface area contributed by atoms with E-state index in [1.165, 1.54) is 4.90 Å². The molecule has 0 aliphatic heterocycles. The highest BCUT2D eigenvalue weighted by atomic mass is 79.9. The Hall–Kier alpha value is -1.36. The topological polar surface area (TPSA) is 57.6 Å². The molecule has 5 heteroatoms. The van der Waals surface area contributed by atoms with Gasteiger partial charge in [-0.15, -0.1) is 0 Å². The summed E-state index contributed by atoms with van der Waals surface area (Å²) < 4.78 is 0.788. The first kappa shape index (κ1) is 13.7. The van der Waals surface area contributed by atoms with Crippen LogP contribution in [0.3, 0.4) is 0 Å². The van der Waals surface area contributed by atoms with Crippen LogP contribution in [-0.4, -0.2) is 28.4 Å². The van der Waals surface area contributed by atoms with E-state index in [9.17, 15) is 14.7 Å². The van der Waals surface area contributed by atoms with Crippen LogP contribution in [0.5, 0.6) is 0 Å². The number of carboxylic acids is 1. The molecule has 1 aromatic carbocycles. The highest BCUT2D eigenvalue weighted by Crippen LogP contribution is 2.24. The standard InChI is InChI=1S/C12H14BrNO3/c1-8(2)14(7-15)11(12(16)17)9-4-3-5-10(13)6-9/h3-8,11H,1-2H3,(H,16,17). The second-order valence-corrected chi connectivity index (χ2v) is 4.86. The molecule has 92 valence electrons. The van der Waals surface area contributed by atoms with Crippen LogP contribution in [0.25, 0.3) is 0 Å². The maximum Gasteiger partial charge on any atom is 0.331 e. The molecule has 4 nitrogen and oxygen atoms in total. The number of hydrogen-bond donors (Lipinski definition) is 1. The van der Waals surface area contributed by atoms with Crippen molar-refractivity contribution in [2.45, 2.75) is 25.9 Å². The molecule has 0 aliphatic rings. The third-order valence-electron chi connectivity index (χ3n) is 2.41. The smallest absolute Gasteiger partial charge is 0.331 e. The number of carbonyl (C=O) groups excluding carboxylic acids is 1. The van der Waals surface area contributed by atoms with Gasteiger partial charge in [0.15, 0.2) is 6.04 Å². The number of hydrogen-bond acceptors (Lipinski definition) is 2. The third kappa shape index (κ3) is 3.30. The molecule has 0 spiro atoms. The maximum atomic E-state index is 11.3. The minimum atomic E-state index is -1.04. The molecule has 1 N–H and O–H groups in total. The Kier molecular flexibility index (Phi) is 4.69. The van der Waals surface area contributed by atoms with E-state index in [1.807, 2.05) is 6.07 Å². The van der Waals surface area contributed by atoms with E-state index in [1.54, 1.807) is 32.0 Å².